The van der Waals surface area contributed by atoms with E-state index < -0.39 is 21.8 Å². The van der Waals surface area contributed by atoms with Crippen molar-refractivity contribution in [1.82, 2.24) is 25.6 Å². The Labute approximate surface area is 283 Å². The summed E-state index contributed by atoms with van der Waals surface area (Å²) in [6, 6.07) is 23.0. The van der Waals surface area contributed by atoms with E-state index in [4.69, 9.17) is 8.92 Å². The lowest BCUT2D eigenvalue weighted by Gasteiger charge is -2.29. The van der Waals surface area contributed by atoms with Gasteiger partial charge in [-0.1, -0.05) is 48.5 Å². The fraction of sp³-hybridized carbons (Fsp3) is 0.250. The van der Waals surface area contributed by atoms with Crippen LogP contribution in [0.3, 0.4) is 0 Å². The molecule has 2 heterocycles. The number of carbonyl (C=O) groups excluding carboxylic acids is 2. The fourth-order valence-electron chi connectivity index (χ4n) is 5.67. The quantitative estimate of drug-likeness (QED) is 0.169. The molecule has 2 amide bonds. The Morgan fingerprint density at radius 1 is 0.816 bits per heavy atom. The van der Waals surface area contributed by atoms with E-state index in [0.717, 1.165) is 35.2 Å². The third-order valence-corrected chi connectivity index (χ3v) is 8.76. The molecule has 11 nitrogen and oxygen atoms in total. The zero-order valence-electron chi connectivity index (χ0n) is 26.6. The van der Waals surface area contributed by atoms with Gasteiger partial charge < -0.3 is 15.4 Å². The van der Waals surface area contributed by atoms with E-state index in [-0.39, 0.29) is 41.7 Å². The molecule has 1 saturated carbocycles. The number of para-hydroxylation sites is 2. The Balaban J connectivity index is 1.05. The van der Waals surface area contributed by atoms with Crippen LogP contribution < -0.4 is 15.4 Å². The highest BCUT2D eigenvalue weighted by molar-refractivity contribution is 7.85. The molecule has 1 aliphatic rings. The second kappa shape index (κ2) is 14.9. The van der Waals surface area contributed by atoms with Gasteiger partial charge in [-0.3, -0.25) is 18.8 Å². The molecule has 0 atom stereocenters. The third-order valence-electron chi connectivity index (χ3n) is 8.17. The first-order chi connectivity index (χ1) is 23.6. The molecule has 0 aliphatic heterocycles. The molecule has 0 saturated heterocycles. The predicted octanol–water partition coefficient (Wildman–Crippen LogP) is 5.61. The summed E-state index contributed by atoms with van der Waals surface area (Å²) >= 11 is 0. The number of hydrogen-bond donors (Lipinski definition) is 2. The van der Waals surface area contributed by atoms with Crippen LogP contribution in [0.15, 0.2) is 91.3 Å². The molecular weight excluding hydrogens is 649 g/mol. The highest BCUT2D eigenvalue weighted by atomic mass is 32.2. The van der Waals surface area contributed by atoms with Crippen LogP contribution in [-0.4, -0.2) is 60.1 Å². The van der Waals surface area contributed by atoms with Gasteiger partial charge >= 0.3 is 0 Å². The summed E-state index contributed by atoms with van der Waals surface area (Å²) in [5.74, 6) is -1.10. The minimum atomic E-state index is -3.49. The second-order valence-corrected chi connectivity index (χ2v) is 13.5. The maximum Gasteiger partial charge on any atom is 0.271 e. The number of rotatable bonds is 11. The molecule has 0 unspecified atom stereocenters. The molecule has 6 rings (SSSR count). The fourth-order valence-corrected chi connectivity index (χ4v) is 6.05. The van der Waals surface area contributed by atoms with E-state index in [1.807, 2.05) is 48.5 Å². The SMILES string of the molecule is CS(=O)(=O)OCCc1ccc(-c2cccc(Oc3ncc(F)cc3C(=O)NC3CCC(NC(=O)c4cnc5ccccc5n4)CC3)c2)cc1. The Morgan fingerprint density at radius 3 is 2.22 bits per heavy atom. The summed E-state index contributed by atoms with van der Waals surface area (Å²) in [6.07, 6.45) is 6.44. The lowest BCUT2D eigenvalue weighted by Crippen LogP contribution is -2.44. The van der Waals surface area contributed by atoms with Gasteiger partial charge in [-0.05, 0) is 79.1 Å². The lowest BCUT2D eigenvalue weighted by molar-refractivity contribution is 0.0887. The van der Waals surface area contributed by atoms with Gasteiger partial charge in [0.05, 0.1) is 36.3 Å². The van der Waals surface area contributed by atoms with Crippen molar-refractivity contribution < 1.29 is 31.3 Å². The molecule has 49 heavy (non-hydrogen) atoms. The monoisotopic (exact) mass is 683 g/mol. The van der Waals surface area contributed by atoms with Gasteiger partial charge in [0.2, 0.25) is 5.88 Å². The topological polar surface area (TPSA) is 149 Å². The summed E-state index contributed by atoms with van der Waals surface area (Å²) in [4.78, 5) is 39.0. The molecule has 2 N–H and O–H groups in total. The summed E-state index contributed by atoms with van der Waals surface area (Å²) in [5, 5.41) is 6.00. The van der Waals surface area contributed by atoms with Crippen molar-refractivity contribution in [2.45, 2.75) is 44.2 Å². The second-order valence-electron chi connectivity index (χ2n) is 11.8. The Bertz CT molecular complexity index is 2090. The van der Waals surface area contributed by atoms with Crippen molar-refractivity contribution >= 4 is 33.0 Å². The van der Waals surface area contributed by atoms with Gasteiger partial charge in [-0.2, -0.15) is 8.42 Å². The first-order valence-corrected chi connectivity index (χ1v) is 17.6. The van der Waals surface area contributed by atoms with Gasteiger partial charge in [-0.25, -0.2) is 14.4 Å². The van der Waals surface area contributed by atoms with Crippen LogP contribution in [0.1, 0.15) is 52.1 Å². The standard InChI is InChI=1S/C36H34FN5O6S/c1-49(45,46)47-18-17-23-9-11-24(12-10-23)25-5-4-6-29(19-25)48-36-30(20-26(37)21-39-36)34(43)40-27-13-15-28(16-14-27)41-35(44)33-22-38-31-7-2-3-8-32(31)42-33/h2-12,19-22,27-28H,13-18H2,1H3,(H,40,43)(H,41,44). The van der Waals surface area contributed by atoms with E-state index in [2.05, 4.69) is 25.6 Å². The van der Waals surface area contributed by atoms with Crippen molar-refractivity contribution in [3.8, 4) is 22.8 Å². The van der Waals surface area contributed by atoms with Crippen molar-refractivity contribution in [3.05, 3.63) is 114 Å². The summed E-state index contributed by atoms with van der Waals surface area (Å²) < 4.78 is 47.5. The van der Waals surface area contributed by atoms with Crippen LogP contribution in [0.5, 0.6) is 11.6 Å². The maximum atomic E-state index is 14.3. The number of amides is 2. The zero-order chi connectivity index (χ0) is 34.4. The molecule has 1 aliphatic carbocycles. The van der Waals surface area contributed by atoms with Crippen molar-refractivity contribution in [2.24, 2.45) is 0 Å². The van der Waals surface area contributed by atoms with Crippen molar-refractivity contribution in [2.75, 3.05) is 12.9 Å². The number of aromatic nitrogens is 3. The molecule has 2 aromatic heterocycles. The third kappa shape index (κ3) is 9.00. The van der Waals surface area contributed by atoms with Crippen LogP contribution in [0.2, 0.25) is 0 Å². The summed E-state index contributed by atoms with van der Waals surface area (Å²) in [7, 11) is -3.49. The van der Waals surface area contributed by atoms with Gasteiger partial charge in [0, 0.05) is 12.1 Å². The number of halogens is 1. The number of benzene rings is 3. The van der Waals surface area contributed by atoms with Crippen LogP contribution in [0.25, 0.3) is 22.2 Å². The van der Waals surface area contributed by atoms with Crippen molar-refractivity contribution in [1.29, 1.82) is 0 Å². The number of fused-ring (bicyclic) bond motifs is 1. The average Bonchev–Trinajstić information content (AvgIpc) is 3.09. The van der Waals surface area contributed by atoms with Crippen molar-refractivity contribution in [3.63, 3.8) is 0 Å². The molecule has 13 heteroatoms. The minimum Gasteiger partial charge on any atom is -0.438 e. The van der Waals surface area contributed by atoms with Crippen LogP contribution in [-0.2, 0) is 20.7 Å². The summed E-state index contributed by atoms with van der Waals surface area (Å²) in [5.41, 5.74) is 4.22. The predicted molar refractivity (Wildman–Crippen MR) is 181 cm³/mol. The number of nitrogens with one attached hydrogen (secondary N) is 2. The first-order valence-electron chi connectivity index (χ1n) is 15.8. The maximum absolute atomic E-state index is 14.3. The van der Waals surface area contributed by atoms with Crippen LogP contribution >= 0.6 is 0 Å². The van der Waals surface area contributed by atoms with Crippen LogP contribution in [0.4, 0.5) is 4.39 Å². The smallest absolute Gasteiger partial charge is 0.271 e. The van der Waals surface area contributed by atoms with Gasteiger partial charge in [0.25, 0.3) is 21.9 Å². The Hall–Kier alpha value is -5.27. The largest absolute Gasteiger partial charge is 0.438 e. The highest BCUT2D eigenvalue weighted by Gasteiger charge is 2.26. The molecule has 0 radical (unpaired) electrons. The van der Waals surface area contributed by atoms with Gasteiger partial charge in [0.15, 0.2) is 0 Å². The molecule has 252 valence electrons. The van der Waals surface area contributed by atoms with Gasteiger partial charge in [-0.15, -0.1) is 0 Å². The molecule has 5 aromatic rings. The summed E-state index contributed by atoms with van der Waals surface area (Å²) in [6.45, 7) is 0.0598. The molecular formula is C36H34FN5O6S. The minimum absolute atomic E-state index is 0.0311. The Kier molecular flexibility index (Phi) is 10.2. The zero-order valence-corrected chi connectivity index (χ0v) is 27.5. The van der Waals surface area contributed by atoms with E-state index in [1.165, 1.54) is 6.20 Å². The number of ether oxygens (including phenoxy) is 1. The van der Waals surface area contributed by atoms with E-state index in [9.17, 15) is 22.4 Å². The van der Waals surface area contributed by atoms with E-state index in [0.29, 0.717) is 48.9 Å². The first kappa shape index (κ1) is 33.6. The van der Waals surface area contributed by atoms with Gasteiger partial charge in [0.1, 0.15) is 22.8 Å². The highest BCUT2D eigenvalue weighted by Crippen LogP contribution is 2.29. The average molecular weight is 684 g/mol. The number of hydrogen-bond acceptors (Lipinski definition) is 9. The number of carbonyl (C=O) groups is 2. The van der Waals surface area contributed by atoms with E-state index >= 15 is 0 Å². The van der Waals surface area contributed by atoms with Crippen LogP contribution in [0, 0.1) is 5.82 Å². The number of nitrogens with zero attached hydrogens (tertiary/aromatic N) is 3. The molecule has 1 fully saturated rings. The number of pyridine rings is 1. The Morgan fingerprint density at radius 2 is 1.51 bits per heavy atom. The van der Waals surface area contributed by atoms with E-state index in [1.54, 1.807) is 24.3 Å². The molecule has 3 aromatic carbocycles. The normalized spacial score (nSPS) is 16.2. The molecule has 0 bridgehead atoms. The molecule has 0 spiro atoms. The lowest BCUT2D eigenvalue weighted by atomic mass is 9.91.